The second-order valence-corrected chi connectivity index (χ2v) is 4.49. The molecule has 4 heteroatoms. The second kappa shape index (κ2) is 4.78. The number of aromatic nitrogens is 2. The summed E-state index contributed by atoms with van der Waals surface area (Å²) in [6.07, 6.45) is 6.82. The summed E-state index contributed by atoms with van der Waals surface area (Å²) in [4.78, 5) is 10.9. The first-order valence-electron chi connectivity index (χ1n) is 5.88. The van der Waals surface area contributed by atoms with Gasteiger partial charge in [0.05, 0.1) is 6.61 Å². The van der Waals surface area contributed by atoms with Gasteiger partial charge in [0.2, 0.25) is 5.95 Å². The number of hydrogen-bond donors (Lipinski definition) is 1. The molecule has 1 aromatic rings. The Morgan fingerprint density at radius 3 is 2.69 bits per heavy atom. The van der Waals surface area contributed by atoms with Crippen molar-refractivity contribution in [1.29, 1.82) is 0 Å². The smallest absolute Gasteiger partial charge is 0.225 e. The fourth-order valence-electron chi connectivity index (χ4n) is 2.26. The van der Waals surface area contributed by atoms with Crippen LogP contribution in [-0.2, 0) is 6.61 Å². The van der Waals surface area contributed by atoms with Crippen LogP contribution in [-0.4, -0.2) is 28.2 Å². The fraction of sp³-hybridized carbons (Fsp3) is 0.667. The Labute approximate surface area is 96.3 Å². The number of rotatable bonds is 3. The summed E-state index contributed by atoms with van der Waals surface area (Å²) in [5.41, 5.74) is 1.68. The summed E-state index contributed by atoms with van der Waals surface area (Å²) < 4.78 is 0. The van der Waals surface area contributed by atoms with Crippen LogP contribution in [0.25, 0.3) is 0 Å². The normalized spacial score (nSPS) is 16.7. The van der Waals surface area contributed by atoms with Crippen molar-refractivity contribution in [1.82, 2.24) is 9.97 Å². The highest BCUT2D eigenvalue weighted by atomic mass is 16.3. The van der Waals surface area contributed by atoms with Crippen LogP contribution < -0.4 is 4.90 Å². The Morgan fingerprint density at radius 1 is 1.44 bits per heavy atom. The molecule has 88 valence electrons. The van der Waals surface area contributed by atoms with Gasteiger partial charge in [-0.25, -0.2) is 9.97 Å². The lowest BCUT2D eigenvalue weighted by atomic mass is 10.2. The van der Waals surface area contributed by atoms with E-state index in [9.17, 15) is 0 Å². The second-order valence-electron chi connectivity index (χ2n) is 4.49. The van der Waals surface area contributed by atoms with Crippen LogP contribution >= 0.6 is 0 Å². The lowest BCUT2D eigenvalue weighted by Crippen LogP contribution is -2.30. The average molecular weight is 221 g/mol. The van der Waals surface area contributed by atoms with Gasteiger partial charge in [-0.1, -0.05) is 12.8 Å². The molecule has 1 heterocycles. The van der Waals surface area contributed by atoms with Gasteiger partial charge in [-0.15, -0.1) is 0 Å². The van der Waals surface area contributed by atoms with Gasteiger partial charge in [0.25, 0.3) is 0 Å². The molecule has 0 aromatic carbocycles. The van der Waals surface area contributed by atoms with Crippen LogP contribution in [0.15, 0.2) is 6.20 Å². The van der Waals surface area contributed by atoms with Gasteiger partial charge in [-0.3, -0.25) is 0 Å². The minimum atomic E-state index is 0.0132. The van der Waals surface area contributed by atoms with Crippen LogP contribution in [0.4, 0.5) is 5.95 Å². The van der Waals surface area contributed by atoms with Crippen molar-refractivity contribution in [3.63, 3.8) is 0 Å². The fourth-order valence-corrected chi connectivity index (χ4v) is 2.26. The van der Waals surface area contributed by atoms with Gasteiger partial charge in [-0.05, 0) is 19.8 Å². The van der Waals surface area contributed by atoms with Gasteiger partial charge in [0.15, 0.2) is 0 Å². The number of aryl methyl sites for hydroxylation is 1. The van der Waals surface area contributed by atoms with Gasteiger partial charge in [0, 0.05) is 30.5 Å². The first kappa shape index (κ1) is 11.3. The molecule has 16 heavy (non-hydrogen) atoms. The average Bonchev–Trinajstić information content (AvgIpc) is 2.81. The molecule has 1 N–H and O–H groups in total. The van der Waals surface area contributed by atoms with Crippen molar-refractivity contribution in [2.24, 2.45) is 0 Å². The summed E-state index contributed by atoms with van der Waals surface area (Å²) in [6.45, 7) is 1.93. The molecule has 0 amide bonds. The molecule has 1 saturated carbocycles. The topological polar surface area (TPSA) is 49.2 Å². The molecule has 0 saturated heterocycles. The van der Waals surface area contributed by atoms with E-state index in [1.54, 1.807) is 6.20 Å². The highest BCUT2D eigenvalue weighted by Crippen LogP contribution is 2.25. The van der Waals surface area contributed by atoms with E-state index in [4.69, 9.17) is 5.11 Å². The van der Waals surface area contributed by atoms with Crippen molar-refractivity contribution >= 4 is 5.95 Å². The van der Waals surface area contributed by atoms with Crippen LogP contribution in [0.5, 0.6) is 0 Å². The van der Waals surface area contributed by atoms with Crippen LogP contribution in [0.1, 0.15) is 36.9 Å². The quantitative estimate of drug-likeness (QED) is 0.843. The minimum Gasteiger partial charge on any atom is -0.392 e. The van der Waals surface area contributed by atoms with E-state index in [1.807, 2.05) is 6.92 Å². The van der Waals surface area contributed by atoms with Gasteiger partial charge >= 0.3 is 0 Å². The van der Waals surface area contributed by atoms with Crippen LogP contribution in [0.3, 0.4) is 0 Å². The minimum absolute atomic E-state index is 0.0132. The molecule has 0 spiro atoms. The largest absolute Gasteiger partial charge is 0.392 e. The monoisotopic (exact) mass is 221 g/mol. The molecule has 1 aromatic heterocycles. The van der Waals surface area contributed by atoms with E-state index in [2.05, 4.69) is 21.9 Å². The Hall–Kier alpha value is -1.16. The molecular weight excluding hydrogens is 202 g/mol. The number of anilines is 1. The van der Waals surface area contributed by atoms with Crippen molar-refractivity contribution in [3.05, 3.63) is 17.5 Å². The van der Waals surface area contributed by atoms with Gasteiger partial charge in [0.1, 0.15) is 0 Å². The van der Waals surface area contributed by atoms with Crippen molar-refractivity contribution in [2.75, 3.05) is 11.9 Å². The van der Waals surface area contributed by atoms with E-state index in [-0.39, 0.29) is 6.61 Å². The summed E-state index contributed by atoms with van der Waals surface area (Å²) in [5.74, 6) is 0.779. The lowest BCUT2D eigenvalue weighted by molar-refractivity contribution is 0.280. The third kappa shape index (κ3) is 2.16. The molecule has 0 atom stereocenters. The Kier molecular flexibility index (Phi) is 3.39. The maximum Gasteiger partial charge on any atom is 0.225 e. The van der Waals surface area contributed by atoms with Gasteiger partial charge < -0.3 is 10.0 Å². The maximum absolute atomic E-state index is 9.07. The van der Waals surface area contributed by atoms with Crippen LogP contribution in [0.2, 0.25) is 0 Å². The summed E-state index contributed by atoms with van der Waals surface area (Å²) in [7, 11) is 2.06. The zero-order valence-electron chi connectivity index (χ0n) is 9.98. The van der Waals surface area contributed by atoms with Crippen molar-refractivity contribution in [3.8, 4) is 0 Å². The molecule has 2 rings (SSSR count). The SMILES string of the molecule is Cc1nc(N(C)C2CCCC2)ncc1CO. The van der Waals surface area contributed by atoms with Crippen molar-refractivity contribution in [2.45, 2.75) is 45.3 Å². The third-order valence-corrected chi connectivity index (χ3v) is 3.43. The van der Waals surface area contributed by atoms with Crippen LogP contribution in [0, 0.1) is 6.92 Å². The Morgan fingerprint density at radius 2 is 2.12 bits per heavy atom. The summed E-state index contributed by atoms with van der Waals surface area (Å²) >= 11 is 0. The van der Waals surface area contributed by atoms with Gasteiger partial charge in [-0.2, -0.15) is 0 Å². The zero-order chi connectivity index (χ0) is 11.5. The maximum atomic E-state index is 9.07. The van der Waals surface area contributed by atoms with E-state index in [1.165, 1.54) is 25.7 Å². The number of nitrogens with zero attached hydrogens (tertiary/aromatic N) is 3. The Bertz CT molecular complexity index is 361. The molecule has 1 aliphatic carbocycles. The molecule has 0 radical (unpaired) electrons. The Balaban J connectivity index is 2.16. The lowest BCUT2D eigenvalue weighted by Gasteiger charge is -2.24. The molecule has 1 aliphatic rings. The molecule has 1 fully saturated rings. The van der Waals surface area contributed by atoms with E-state index in [0.717, 1.165) is 17.2 Å². The number of hydrogen-bond acceptors (Lipinski definition) is 4. The van der Waals surface area contributed by atoms with E-state index < -0.39 is 0 Å². The highest BCUT2D eigenvalue weighted by Gasteiger charge is 2.21. The number of aliphatic hydroxyl groups is 1. The summed E-state index contributed by atoms with van der Waals surface area (Å²) in [6, 6.07) is 0.583. The molecule has 0 unspecified atom stereocenters. The van der Waals surface area contributed by atoms with E-state index >= 15 is 0 Å². The first-order chi connectivity index (χ1) is 7.72. The predicted molar refractivity (Wildman–Crippen MR) is 63.4 cm³/mol. The summed E-state index contributed by atoms with van der Waals surface area (Å²) in [5, 5.41) is 9.07. The third-order valence-electron chi connectivity index (χ3n) is 3.43. The van der Waals surface area contributed by atoms with E-state index in [0.29, 0.717) is 6.04 Å². The number of aliphatic hydroxyl groups excluding tert-OH is 1. The zero-order valence-corrected chi connectivity index (χ0v) is 9.98. The first-order valence-corrected chi connectivity index (χ1v) is 5.88. The predicted octanol–water partition coefficient (Wildman–Crippen LogP) is 1.66. The molecular formula is C12H19N3O. The highest BCUT2D eigenvalue weighted by molar-refractivity contribution is 5.33. The molecule has 0 aliphatic heterocycles. The molecule has 0 bridgehead atoms. The van der Waals surface area contributed by atoms with Crippen molar-refractivity contribution < 1.29 is 5.11 Å². The standard InChI is InChI=1S/C12H19N3O/c1-9-10(8-16)7-13-12(14-9)15(2)11-5-3-4-6-11/h7,11,16H,3-6,8H2,1-2H3. The molecule has 4 nitrogen and oxygen atoms in total.